The maximum atomic E-state index is 12.1. The Morgan fingerprint density at radius 2 is 2.10 bits per heavy atom. The van der Waals surface area contributed by atoms with Gasteiger partial charge in [0.1, 0.15) is 5.75 Å². The summed E-state index contributed by atoms with van der Waals surface area (Å²) in [7, 11) is 0. The van der Waals surface area contributed by atoms with Crippen LogP contribution in [0.25, 0.3) is 0 Å². The molecular weight excluding hydrogens is 299 g/mol. The van der Waals surface area contributed by atoms with Gasteiger partial charge in [0.15, 0.2) is 0 Å². The topological polar surface area (TPSA) is 62.2 Å². The molecule has 1 aromatic carbocycles. The average Bonchev–Trinajstić information content (AvgIpc) is 2.38. The zero-order valence-corrected chi connectivity index (χ0v) is 12.1. The van der Waals surface area contributed by atoms with Crippen molar-refractivity contribution >= 4 is 29.1 Å². The first kappa shape index (κ1) is 14.6. The molecule has 0 saturated carbocycles. The highest BCUT2D eigenvalue weighted by Crippen LogP contribution is 2.26. The van der Waals surface area contributed by atoms with Crippen LogP contribution in [0.4, 0.5) is 0 Å². The van der Waals surface area contributed by atoms with Crippen molar-refractivity contribution in [2.45, 2.75) is 13.0 Å². The van der Waals surface area contributed by atoms with E-state index in [1.807, 2.05) is 0 Å². The van der Waals surface area contributed by atoms with Crippen LogP contribution in [-0.4, -0.2) is 16.0 Å². The van der Waals surface area contributed by atoms with Gasteiger partial charge in [0.05, 0.1) is 17.8 Å². The van der Waals surface area contributed by atoms with Crippen LogP contribution in [0.2, 0.25) is 10.0 Å². The highest BCUT2D eigenvalue weighted by Gasteiger charge is 2.16. The molecule has 0 radical (unpaired) electrons. The van der Waals surface area contributed by atoms with Crippen molar-refractivity contribution < 1.29 is 9.90 Å². The Bertz CT molecular complexity index is 647. The highest BCUT2D eigenvalue weighted by molar-refractivity contribution is 6.35. The molecule has 0 aliphatic rings. The fourth-order valence-corrected chi connectivity index (χ4v) is 2.36. The first-order valence-corrected chi connectivity index (χ1v) is 6.63. The zero-order chi connectivity index (χ0) is 14.7. The number of hydrogen-bond acceptors (Lipinski definition) is 3. The molecule has 0 bridgehead atoms. The number of halogens is 2. The monoisotopic (exact) mass is 310 g/mol. The maximum Gasteiger partial charge on any atom is 0.255 e. The van der Waals surface area contributed by atoms with E-state index in [-0.39, 0.29) is 17.4 Å². The fraction of sp³-hybridized carbons (Fsp3) is 0.143. The molecule has 0 saturated heterocycles. The summed E-state index contributed by atoms with van der Waals surface area (Å²) in [5.41, 5.74) is 0.912. The SMILES string of the molecule is CC(NC(=O)c1ccncc1O)c1ccc(Cl)cc1Cl. The molecule has 1 unspecified atom stereocenters. The quantitative estimate of drug-likeness (QED) is 0.910. The minimum atomic E-state index is -0.400. The summed E-state index contributed by atoms with van der Waals surface area (Å²) in [5.74, 6) is -0.567. The first-order chi connectivity index (χ1) is 9.49. The number of rotatable bonds is 3. The second-order valence-corrected chi connectivity index (χ2v) is 5.10. The number of carbonyl (C=O) groups is 1. The predicted molar refractivity (Wildman–Crippen MR) is 78.2 cm³/mol. The summed E-state index contributed by atoms with van der Waals surface area (Å²) in [6, 6.07) is 6.20. The summed E-state index contributed by atoms with van der Waals surface area (Å²) in [6.45, 7) is 1.80. The van der Waals surface area contributed by atoms with Crippen molar-refractivity contribution in [2.75, 3.05) is 0 Å². The minimum absolute atomic E-state index is 0.164. The Morgan fingerprint density at radius 3 is 2.75 bits per heavy atom. The van der Waals surface area contributed by atoms with Gasteiger partial charge in [0, 0.05) is 16.2 Å². The van der Waals surface area contributed by atoms with Crippen LogP contribution in [0, 0.1) is 0 Å². The third-order valence-corrected chi connectivity index (χ3v) is 3.38. The lowest BCUT2D eigenvalue weighted by Gasteiger charge is -2.16. The number of amides is 1. The molecule has 104 valence electrons. The third-order valence-electron chi connectivity index (χ3n) is 2.82. The van der Waals surface area contributed by atoms with Crippen molar-refractivity contribution in [3.63, 3.8) is 0 Å². The Balaban J connectivity index is 2.17. The van der Waals surface area contributed by atoms with E-state index in [9.17, 15) is 9.90 Å². The summed E-state index contributed by atoms with van der Waals surface area (Å²) in [6.07, 6.45) is 2.66. The van der Waals surface area contributed by atoms with Crippen molar-refractivity contribution in [3.8, 4) is 5.75 Å². The van der Waals surface area contributed by atoms with Gasteiger partial charge in [0.2, 0.25) is 0 Å². The van der Waals surface area contributed by atoms with Gasteiger partial charge in [0.25, 0.3) is 5.91 Å². The molecule has 0 fully saturated rings. The van der Waals surface area contributed by atoms with E-state index in [0.717, 1.165) is 5.56 Å². The van der Waals surface area contributed by atoms with Crippen LogP contribution in [0.5, 0.6) is 5.75 Å². The van der Waals surface area contributed by atoms with Gasteiger partial charge in [-0.3, -0.25) is 9.78 Å². The largest absolute Gasteiger partial charge is 0.505 e. The number of aromatic hydroxyl groups is 1. The molecule has 2 N–H and O–H groups in total. The van der Waals surface area contributed by atoms with Crippen molar-refractivity contribution in [3.05, 3.63) is 57.8 Å². The van der Waals surface area contributed by atoms with Crippen molar-refractivity contribution in [1.82, 2.24) is 10.3 Å². The number of pyridine rings is 1. The highest BCUT2D eigenvalue weighted by atomic mass is 35.5. The molecule has 0 spiro atoms. The molecule has 2 aromatic rings. The minimum Gasteiger partial charge on any atom is -0.505 e. The van der Waals surface area contributed by atoms with Crippen LogP contribution in [0.1, 0.15) is 28.9 Å². The van der Waals surface area contributed by atoms with E-state index in [4.69, 9.17) is 23.2 Å². The summed E-state index contributed by atoms with van der Waals surface area (Å²) in [5, 5.41) is 13.4. The molecule has 1 aromatic heterocycles. The van der Waals surface area contributed by atoms with Gasteiger partial charge < -0.3 is 10.4 Å². The van der Waals surface area contributed by atoms with E-state index in [0.29, 0.717) is 10.0 Å². The Labute approximate surface area is 126 Å². The third kappa shape index (κ3) is 3.21. The molecule has 2 rings (SSSR count). The summed E-state index contributed by atoms with van der Waals surface area (Å²) < 4.78 is 0. The summed E-state index contributed by atoms with van der Waals surface area (Å²) in [4.78, 5) is 15.8. The van der Waals surface area contributed by atoms with Gasteiger partial charge in [-0.1, -0.05) is 29.3 Å². The van der Waals surface area contributed by atoms with E-state index >= 15 is 0 Å². The first-order valence-electron chi connectivity index (χ1n) is 5.88. The molecule has 20 heavy (non-hydrogen) atoms. The average molecular weight is 311 g/mol. The standard InChI is InChI=1S/C14H12Cl2N2O2/c1-8(10-3-2-9(15)6-12(10)16)18-14(20)11-4-5-17-7-13(11)19/h2-8,19H,1H3,(H,18,20). The number of benzene rings is 1. The maximum absolute atomic E-state index is 12.1. The fourth-order valence-electron chi connectivity index (χ4n) is 1.78. The lowest BCUT2D eigenvalue weighted by atomic mass is 10.1. The van der Waals surface area contributed by atoms with Crippen LogP contribution in [-0.2, 0) is 0 Å². The Hall–Kier alpha value is -1.78. The molecule has 6 heteroatoms. The van der Waals surface area contributed by atoms with Crippen LogP contribution in [0.15, 0.2) is 36.7 Å². The molecule has 0 aliphatic carbocycles. The number of nitrogens with zero attached hydrogens (tertiary/aromatic N) is 1. The van der Waals surface area contributed by atoms with Gasteiger partial charge in [-0.15, -0.1) is 0 Å². The number of nitrogens with one attached hydrogen (secondary N) is 1. The van der Waals surface area contributed by atoms with E-state index < -0.39 is 5.91 Å². The summed E-state index contributed by atoms with van der Waals surface area (Å²) >= 11 is 11.9. The van der Waals surface area contributed by atoms with Crippen molar-refractivity contribution in [1.29, 1.82) is 0 Å². The Morgan fingerprint density at radius 1 is 1.35 bits per heavy atom. The molecule has 1 atom stereocenters. The van der Waals surface area contributed by atoms with Gasteiger partial charge in [-0.05, 0) is 30.7 Å². The molecule has 1 amide bonds. The second-order valence-electron chi connectivity index (χ2n) is 4.25. The number of carbonyl (C=O) groups excluding carboxylic acids is 1. The molecule has 0 aliphatic heterocycles. The lowest BCUT2D eigenvalue weighted by Crippen LogP contribution is -2.26. The van der Waals surface area contributed by atoms with Gasteiger partial charge >= 0.3 is 0 Å². The molecular formula is C14H12Cl2N2O2. The van der Waals surface area contributed by atoms with Crippen LogP contribution >= 0.6 is 23.2 Å². The van der Waals surface area contributed by atoms with E-state index in [1.54, 1.807) is 25.1 Å². The lowest BCUT2D eigenvalue weighted by molar-refractivity contribution is 0.0937. The van der Waals surface area contributed by atoms with E-state index in [2.05, 4.69) is 10.3 Å². The Kier molecular flexibility index (Phi) is 4.47. The van der Waals surface area contributed by atoms with Crippen LogP contribution in [0.3, 0.4) is 0 Å². The zero-order valence-electron chi connectivity index (χ0n) is 10.6. The predicted octanol–water partition coefficient (Wildman–Crippen LogP) is 3.59. The van der Waals surface area contributed by atoms with E-state index in [1.165, 1.54) is 18.5 Å². The van der Waals surface area contributed by atoms with Crippen LogP contribution < -0.4 is 5.32 Å². The normalized spacial score (nSPS) is 11.9. The molecule has 1 heterocycles. The van der Waals surface area contributed by atoms with Gasteiger partial charge in [-0.25, -0.2) is 0 Å². The number of aromatic nitrogens is 1. The number of hydrogen-bond donors (Lipinski definition) is 2. The molecule has 4 nitrogen and oxygen atoms in total. The van der Waals surface area contributed by atoms with Gasteiger partial charge in [-0.2, -0.15) is 0 Å². The second kappa shape index (κ2) is 6.11. The smallest absolute Gasteiger partial charge is 0.255 e. The van der Waals surface area contributed by atoms with Crippen molar-refractivity contribution in [2.24, 2.45) is 0 Å².